The van der Waals surface area contributed by atoms with Crippen molar-refractivity contribution >= 4 is 76.6 Å². The molecule has 8 aromatic carbocycles. The second-order valence-corrected chi connectivity index (χ2v) is 16.1. The van der Waals surface area contributed by atoms with Gasteiger partial charge in [0.2, 0.25) is 5.95 Å². The van der Waals surface area contributed by atoms with Crippen molar-refractivity contribution < 1.29 is 8.83 Å². The number of furan rings is 2. The molecule has 272 valence electrons. The maximum absolute atomic E-state index is 6.59. The SMILES string of the molecule is CC1(C)c2ccccc2-c2cc3c4cc(-c5ccc6oc7ccccc7c6c5)ccc4n(-c4nc(-c5cccc6c5oc5ccccc56)c5ccccc5n4)c3cc21. The zero-order chi connectivity index (χ0) is 38.3. The van der Waals surface area contributed by atoms with Gasteiger partial charge in [0.15, 0.2) is 0 Å². The Morgan fingerprint density at radius 1 is 0.431 bits per heavy atom. The summed E-state index contributed by atoms with van der Waals surface area (Å²) in [4.78, 5) is 10.9. The molecule has 0 bridgehead atoms. The zero-order valence-corrected chi connectivity index (χ0v) is 31.7. The van der Waals surface area contributed by atoms with Crippen LogP contribution in [0.15, 0.2) is 173 Å². The Kier molecular flexibility index (Phi) is 6.17. The fraction of sp³-hybridized carbons (Fsp3) is 0.0566. The van der Waals surface area contributed by atoms with Gasteiger partial charge in [-0.15, -0.1) is 0 Å². The molecule has 5 heteroatoms. The second-order valence-electron chi connectivity index (χ2n) is 16.1. The number of fused-ring (bicyclic) bond motifs is 13. The summed E-state index contributed by atoms with van der Waals surface area (Å²) in [6.45, 7) is 4.67. The normalized spacial score (nSPS) is 13.5. The molecule has 0 amide bonds. The van der Waals surface area contributed by atoms with Crippen LogP contribution in [0.4, 0.5) is 0 Å². The highest BCUT2D eigenvalue weighted by Crippen LogP contribution is 2.51. The quantitative estimate of drug-likeness (QED) is 0.181. The molecule has 0 unspecified atom stereocenters. The number of nitrogens with zero attached hydrogens (tertiary/aromatic N) is 3. The predicted molar refractivity (Wildman–Crippen MR) is 237 cm³/mol. The highest BCUT2D eigenvalue weighted by atomic mass is 16.3. The summed E-state index contributed by atoms with van der Waals surface area (Å²) in [5.41, 5.74) is 15.6. The molecular formula is C53H33N3O2. The Hall–Kier alpha value is -7.50. The summed E-state index contributed by atoms with van der Waals surface area (Å²) in [6, 6.07) is 58.1. The highest BCUT2D eigenvalue weighted by Gasteiger charge is 2.36. The summed E-state index contributed by atoms with van der Waals surface area (Å²) in [5, 5.41) is 7.68. The van der Waals surface area contributed by atoms with Gasteiger partial charge in [-0.05, 0) is 94.0 Å². The molecule has 0 N–H and O–H groups in total. The van der Waals surface area contributed by atoms with E-state index in [1.165, 1.54) is 22.3 Å². The monoisotopic (exact) mass is 743 g/mol. The largest absolute Gasteiger partial charge is 0.456 e. The molecule has 0 saturated heterocycles. The Labute approximate surface area is 332 Å². The third-order valence-corrected chi connectivity index (χ3v) is 12.6. The Morgan fingerprint density at radius 2 is 1.07 bits per heavy atom. The highest BCUT2D eigenvalue weighted by molar-refractivity contribution is 6.14. The van der Waals surface area contributed by atoms with Gasteiger partial charge in [0.1, 0.15) is 22.3 Å². The lowest BCUT2D eigenvalue weighted by Crippen LogP contribution is -2.15. The van der Waals surface area contributed by atoms with Gasteiger partial charge in [0.25, 0.3) is 0 Å². The third-order valence-electron chi connectivity index (χ3n) is 12.6. The van der Waals surface area contributed by atoms with Crippen LogP contribution in [0.25, 0.3) is 116 Å². The van der Waals surface area contributed by atoms with Crippen LogP contribution in [0.2, 0.25) is 0 Å². The van der Waals surface area contributed by atoms with E-state index in [4.69, 9.17) is 18.8 Å². The maximum atomic E-state index is 6.59. The van der Waals surface area contributed by atoms with E-state index in [-0.39, 0.29) is 5.41 Å². The molecule has 1 aliphatic rings. The van der Waals surface area contributed by atoms with Crippen molar-refractivity contribution in [2.75, 3.05) is 0 Å². The molecule has 13 rings (SSSR count). The first kappa shape index (κ1) is 31.7. The first-order valence-electron chi connectivity index (χ1n) is 19.8. The Bertz CT molecular complexity index is 3730. The number of hydrogen-bond donors (Lipinski definition) is 0. The summed E-state index contributed by atoms with van der Waals surface area (Å²) in [7, 11) is 0. The molecule has 4 heterocycles. The molecule has 0 saturated carbocycles. The van der Waals surface area contributed by atoms with E-state index >= 15 is 0 Å². The van der Waals surface area contributed by atoms with Gasteiger partial charge in [-0.1, -0.05) is 117 Å². The lowest BCUT2D eigenvalue weighted by molar-refractivity contribution is 0.661. The molecule has 1 aliphatic carbocycles. The van der Waals surface area contributed by atoms with E-state index in [0.717, 1.165) is 99.0 Å². The molecule has 0 atom stereocenters. The first-order chi connectivity index (χ1) is 28.5. The fourth-order valence-electron chi connectivity index (χ4n) is 9.82. The molecule has 0 aliphatic heterocycles. The van der Waals surface area contributed by atoms with Crippen molar-refractivity contribution in [1.82, 2.24) is 14.5 Å². The van der Waals surface area contributed by atoms with E-state index < -0.39 is 0 Å². The third kappa shape index (κ3) is 4.25. The standard InChI is InChI=1S/C53H33N3O2/c1-53(2)42-18-7-3-12-32(42)38-28-40-39-26-30(31-23-25-49-41(27-31)34-14-6-9-20-47(34)57-49)22-24-45(39)56(46(40)29-43(38)53)52-54-44-19-8-4-15-36(44)50(55-52)37-17-11-16-35-33-13-5-10-21-48(33)58-51(35)37/h3-29H,1-2H3. The van der Waals surface area contributed by atoms with Crippen LogP contribution >= 0.6 is 0 Å². The van der Waals surface area contributed by atoms with Crippen molar-refractivity contribution in [2.45, 2.75) is 19.3 Å². The molecule has 12 aromatic rings. The van der Waals surface area contributed by atoms with Crippen LogP contribution in [0.5, 0.6) is 0 Å². The van der Waals surface area contributed by atoms with Crippen LogP contribution in [0.1, 0.15) is 25.0 Å². The lowest BCUT2D eigenvalue weighted by Gasteiger charge is -2.21. The number of para-hydroxylation sites is 4. The second kappa shape index (κ2) is 11.3. The van der Waals surface area contributed by atoms with Crippen molar-refractivity contribution in [3.63, 3.8) is 0 Å². The van der Waals surface area contributed by atoms with Gasteiger partial charge in [-0.3, -0.25) is 4.57 Å². The predicted octanol–water partition coefficient (Wildman–Crippen LogP) is 14.2. The summed E-state index contributed by atoms with van der Waals surface area (Å²) >= 11 is 0. The number of aromatic nitrogens is 3. The van der Waals surface area contributed by atoms with Crippen LogP contribution in [0, 0.1) is 0 Å². The minimum absolute atomic E-state index is 0.179. The van der Waals surface area contributed by atoms with Gasteiger partial charge >= 0.3 is 0 Å². The topological polar surface area (TPSA) is 57.0 Å². The minimum atomic E-state index is -0.179. The van der Waals surface area contributed by atoms with Gasteiger partial charge in [0.05, 0.1) is 22.2 Å². The molecule has 0 spiro atoms. The number of hydrogen-bond acceptors (Lipinski definition) is 4. The molecular weight excluding hydrogens is 711 g/mol. The number of benzene rings is 8. The molecule has 58 heavy (non-hydrogen) atoms. The Balaban J connectivity index is 1.10. The Morgan fingerprint density at radius 3 is 1.93 bits per heavy atom. The van der Waals surface area contributed by atoms with Crippen LogP contribution in [-0.2, 0) is 5.41 Å². The van der Waals surface area contributed by atoms with E-state index in [1.54, 1.807) is 0 Å². The molecule has 5 nitrogen and oxygen atoms in total. The molecule has 0 fully saturated rings. The maximum Gasteiger partial charge on any atom is 0.235 e. The minimum Gasteiger partial charge on any atom is -0.456 e. The van der Waals surface area contributed by atoms with Gasteiger partial charge in [0, 0.05) is 48.7 Å². The number of rotatable bonds is 3. The average molecular weight is 744 g/mol. The van der Waals surface area contributed by atoms with Gasteiger partial charge in [-0.2, -0.15) is 0 Å². The van der Waals surface area contributed by atoms with E-state index in [2.05, 4.69) is 158 Å². The van der Waals surface area contributed by atoms with Gasteiger partial charge < -0.3 is 8.83 Å². The summed E-state index contributed by atoms with van der Waals surface area (Å²) in [5.74, 6) is 0.620. The average Bonchev–Trinajstić information content (AvgIpc) is 3.99. The van der Waals surface area contributed by atoms with Gasteiger partial charge in [-0.25, -0.2) is 9.97 Å². The van der Waals surface area contributed by atoms with Crippen molar-refractivity contribution in [1.29, 1.82) is 0 Å². The van der Waals surface area contributed by atoms with Crippen LogP contribution < -0.4 is 0 Å². The van der Waals surface area contributed by atoms with Crippen molar-refractivity contribution in [2.24, 2.45) is 0 Å². The van der Waals surface area contributed by atoms with E-state index in [9.17, 15) is 0 Å². The first-order valence-corrected chi connectivity index (χ1v) is 19.8. The van der Waals surface area contributed by atoms with Crippen molar-refractivity contribution in [3.8, 4) is 39.5 Å². The van der Waals surface area contributed by atoms with Crippen LogP contribution in [0.3, 0.4) is 0 Å². The van der Waals surface area contributed by atoms with Crippen molar-refractivity contribution in [3.05, 3.63) is 175 Å². The van der Waals surface area contributed by atoms with E-state index in [1.807, 2.05) is 24.3 Å². The van der Waals surface area contributed by atoms with E-state index in [0.29, 0.717) is 5.95 Å². The zero-order valence-electron chi connectivity index (χ0n) is 31.7. The fourth-order valence-corrected chi connectivity index (χ4v) is 9.82. The van der Waals surface area contributed by atoms with Crippen LogP contribution in [-0.4, -0.2) is 14.5 Å². The smallest absolute Gasteiger partial charge is 0.235 e. The summed E-state index contributed by atoms with van der Waals surface area (Å²) < 4.78 is 15.1. The molecule has 0 radical (unpaired) electrons. The molecule has 4 aromatic heterocycles. The summed E-state index contributed by atoms with van der Waals surface area (Å²) in [6.07, 6.45) is 0. The lowest BCUT2D eigenvalue weighted by atomic mass is 9.82.